The van der Waals surface area contributed by atoms with E-state index in [2.05, 4.69) is 26.8 Å². The minimum atomic E-state index is -0.169. The molecule has 6 heteroatoms. The average Bonchev–Trinajstić information content (AvgIpc) is 3.03. The van der Waals surface area contributed by atoms with Gasteiger partial charge < -0.3 is 10.6 Å². The highest BCUT2D eigenvalue weighted by Gasteiger charge is 2.46. The third kappa shape index (κ3) is 2.53. The Balaban J connectivity index is 1.60. The summed E-state index contributed by atoms with van der Waals surface area (Å²) in [5.74, 6) is 2.23. The predicted molar refractivity (Wildman–Crippen MR) is 87.4 cm³/mol. The van der Waals surface area contributed by atoms with Gasteiger partial charge in [0.2, 0.25) is 0 Å². The molecule has 4 rings (SSSR count). The molecule has 0 unspecified atom stereocenters. The lowest BCUT2D eigenvalue weighted by Crippen LogP contribution is -2.29. The molecular formula is C17H20FN5. The molecule has 23 heavy (non-hydrogen) atoms. The topological polar surface area (TPSA) is 58.3 Å². The van der Waals surface area contributed by atoms with Crippen LogP contribution in [0.4, 0.5) is 16.0 Å². The second-order valence-corrected chi connectivity index (χ2v) is 6.57. The Hall–Kier alpha value is -2.21. The largest absolute Gasteiger partial charge is 0.384 e. The molecule has 0 aliphatic carbocycles. The minimum Gasteiger partial charge on any atom is -0.384 e. The number of fused-ring (bicyclic) bond motifs is 1. The molecule has 0 radical (unpaired) electrons. The van der Waals surface area contributed by atoms with Crippen molar-refractivity contribution in [2.75, 3.05) is 37.3 Å². The van der Waals surface area contributed by atoms with Crippen molar-refractivity contribution in [3.63, 3.8) is 0 Å². The molecule has 0 amide bonds. The van der Waals surface area contributed by atoms with E-state index in [4.69, 9.17) is 5.73 Å². The molecule has 3 atom stereocenters. The highest BCUT2D eigenvalue weighted by atomic mass is 19.1. The van der Waals surface area contributed by atoms with Crippen molar-refractivity contribution in [2.24, 2.45) is 11.8 Å². The van der Waals surface area contributed by atoms with Crippen molar-refractivity contribution < 1.29 is 4.39 Å². The van der Waals surface area contributed by atoms with Crippen molar-refractivity contribution in [1.82, 2.24) is 14.9 Å². The number of halogens is 1. The molecule has 5 nitrogen and oxygen atoms in total. The predicted octanol–water partition coefficient (Wildman–Crippen LogP) is 1.94. The Morgan fingerprint density at radius 1 is 1.17 bits per heavy atom. The molecule has 2 fully saturated rings. The fourth-order valence-electron chi connectivity index (χ4n) is 4.17. The normalized spacial score (nSPS) is 27.4. The van der Waals surface area contributed by atoms with Crippen molar-refractivity contribution >= 4 is 11.6 Å². The van der Waals surface area contributed by atoms with Crippen LogP contribution >= 0.6 is 0 Å². The van der Waals surface area contributed by atoms with Gasteiger partial charge in [0.15, 0.2) is 0 Å². The highest BCUT2D eigenvalue weighted by Crippen LogP contribution is 2.44. The Labute approximate surface area is 134 Å². The monoisotopic (exact) mass is 313 g/mol. The molecule has 2 aliphatic rings. The van der Waals surface area contributed by atoms with Crippen molar-refractivity contribution in [2.45, 2.75) is 6.04 Å². The van der Waals surface area contributed by atoms with Crippen LogP contribution in [-0.2, 0) is 0 Å². The van der Waals surface area contributed by atoms with Crippen LogP contribution in [0.5, 0.6) is 0 Å². The van der Waals surface area contributed by atoms with Crippen molar-refractivity contribution in [3.05, 3.63) is 48.0 Å². The molecule has 2 aromatic rings. The van der Waals surface area contributed by atoms with Crippen LogP contribution in [0, 0.1) is 17.7 Å². The van der Waals surface area contributed by atoms with E-state index >= 15 is 0 Å². The van der Waals surface area contributed by atoms with Gasteiger partial charge in [-0.3, -0.25) is 4.90 Å². The summed E-state index contributed by atoms with van der Waals surface area (Å²) in [5.41, 5.74) is 6.83. The number of anilines is 2. The van der Waals surface area contributed by atoms with Gasteiger partial charge in [0.25, 0.3) is 0 Å². The second kappa shape index (κ2) is 5.45. The number of aromatic nitrogens is 2. The van der Waals surface area contributed by atoms with E-state index in [1.165, 1.54) is 12.4 Å². The summed E-state index contributed by atoms with van der Waals surface area (Å²) in [7, 11) is 2.13. The van der Waals surface area contributed by atoms with E-state index in [-0.39, 0.29) is 11.9 Å². The van der Waals surface area contributed by atoms with Crippen LogP contribution in [0.3, 0.4) is 0 Å². The third-order valence-corrected chi connectivity index (χ3v) is 5.08. The molecule has 0 saturated carbocycles. The van der Waals surface area contributed by atoms with E-state index < -0.39 is 0 Å². The Kier molecular flexibility index (Phi) is 3.41. The van der Waals surface area contributed by atoms with Gasteiger partial charge in [0.1, 0.15) is 23.8 Å². The second-order valence-electron chi connectivity index (χ2n) is 6.57. The van der Waals surface area contributed by atoms with Gasteiger partial charge in [-0.2, -0.15) is 0 Å². The first-order chi connectivity index (χ1) is 11.1. The number of likely N-dealkylation sites (tertiary alicyclic amines) is 1. The number of nitrogens with zero attached hydrogens (tertiary/aromatic N) is 4. The van der Waals surface area contributed by atoms with Crippen LogP contribution in [0.1, 0.15) is 11.6 Å². The van der Waals surface area contributed by atoms with E-state index in [0.717, 1.165) is 31.0 Å². The maximum Gasteiger partial charge on any atom is 0.134 e. The summed E-state index contributed by atoms with van der Waals surface area (Å²) >= 11 is 0. The molecular weight excluding hydrogens is 293 g/mol. The SMILES string of the molecule is CN1C[C@H]2CN(c3cc(N)ncn3)C[C@H]2[C@@H]1c1cccc(F)c1. The van der Waals surface area contributed by atoms with Crippen molar-refractivity contribution in [1.29, 1.82) is 0 Å². The molecule has 1 aromatic heterocycles. The van der Waals surface area contributed by atoms with Crippen LogP contribution in [0.2, 0.25) is 0 Å². The van der Waals surface area contributed by atoms with Gasteiger partial charge in [-0.1, -0.05) is 12.1 Å². The van der Waals surface area contributed by atoms with E-state index in [1.54, 1.807) is 12.1 Å². The van der Waals surface area contributed by atoms with E-state index in [9.17, 15) is 4.39 Å². The smallest absolute Gasteiger partial charge is 0.134 e. The lowest BCUT2D eigenvalue weighted by atomic mass is 9.89. The summed E-state index contributed by atoms with van der Waals surface area (Å²) in [6.45, 7) is 2.88. The summed E-state index contributed by atoms with van der Waals surface area (Å²) in [6.07, 6.45) is 1.51. The zero-order chi connectivity index (χ0) is 16.0. The Bertz CT molecular complexity index is 722. The number of nitrogens with two attached hydrogens (primary N) is 1. The molecule has 1 aromatic carbocycles. The van der Waals surface area contributed by atoms with Gasteiger partial charge in [-0.15, -0.1) is 0 Å². The van der Waals surface area contributed by atoms with Crippen LogP contribution in [0.15, 0.2) is 36.7 Å². The van der Waals surface area contributed by atoms with Gasteiger partial charge in [0.05, 0.1) is 0 Å². The quantitative estimate of drug-likeness (QED) is 0.918. The van der Waals surface area contributed by atoms with E-state index in [1.807, 2.05) is 12.1 Å². The first-order valence-corrected chi connectivity index (χ1v) is 7.90. The minimum absolute atomic E-state index is 0.169. The summed E-state index contributed by atoms with van der Waals surface area (Å²) < 4.78 is 13.6. The molecule has 120 valence electrons. The number of hydrogen-bond donors (Lipinski definition) is 1. The molecule has 0 bridgehead atoms. The maximum absolute atomic E-state index is 13.6. The Morgan fingerprint density at radius 2 is 2.04 bits per heavy atom. The zero-order valence-corrected chi connectivity index (χ0v) is 13.1. The number of hydrogen-bond acceptors (Lipinski definition) is 5. The number of rotatable bonds is 2. The van der Waals surface area contributed by atoms with Crippen LogP contribution < -0.4 is 10.6 Å². The summed E-state index contributed by atoms with van der Waals surface area (Å²) in [5, 5.41) is 0. The Morgan fingerprint density at radius 3 is 2.83 bits per heavy atom. The summed E-state index contributed by atoms with van der Waals surface area (Å²) in [4.78, 5) is 12.9. The highest BCUT2D eigenvalue weighted by molar-refractivity contribution is 5.47. The molecule has 3 heterocycles. The van der Waals surface area contributed by atoms with Gasteiger partial charge in [0, 0.05) is 37.7 Å². The number of nitrogen functional groups attached to an aromatic ring is 1. The number of benzene rings is 1. The fourth-order valence-corrected chi connectivity index (χ4v) is 4.17. The maximum atomic E-state index is 13.6. The zero-order valence-electron chi connectivity index (χ0n) is 13.1. The fraction of sp³-hybridized carbons (Fsp3) is 0.412. The molecule has 2 saturated heterocycles. The van der Waals surface area contributed by atoms with Crippen LogP contribution in [0.25, 0.3) is 0 Å². The molecule has 0 spiro atoms. The first kappa shape index (κ1) is 14.4. The van der Waals surface area contributed by atoms with Gasteiger partial charge in [-0.05, 0) is 30.7 Å². The van der Waals surface area contributed by atoms with Gasteiger partial charge >= 0.3 is 0 Å². The first-order valence-electron chi connectivity index (χ1n) is 7.90. The van der Waals surface area contributed by atoms with Crippen LogP contribution in [-0.4, -0.2) is 41.5 Å². The molecule has 2 N–H and O–H groups in total. The molecule has 2 aliphatic heterocycles. The average molecular weight is 313 g/mol. The van der Waals surface area contributed by atoms with Gasteiger partial charge in [-0.25, -0.2) is 14.4 Å². The van der Waals surface area contributed by atoms with E-state index in [0.29, 0.717) is 17.7 Å². The van der Waals surface area contributed by atoms with Crippen molar-refractivity contribution in [3.8, 4) is 0 Å². The lowest BCUT2D eigenvalue weighted by molar-refractivity contribution is 0.279. The standard InChI is InChI=1S/C17H20FN5/c1-22-7-12-8-23(16-6-15(19)20-10-21-16)9-14(12)17(22)11-3-2-4-13(18)5-11/h2-6,10,12,14,17H,7-9H2,1H3,(H2,19,20,21)/t12-,14+,17-/m0/s1. The summed E-state index contributed by atoms with van der Waals surface area (Å²) in [6, 6.07) is 9.05. The third-order valence-electron chi connectivity index (χ3n) is 5.08. The lowest BCUT2D eigenvalue weighted by Gasteiger charge is -2.27.